The number of nitrogens with two attached hydrogens (primary N) is 1. The third-order valence-corrected chi connectivity index (χ3v) is 3.78. The van der Waals surface area contributed by atoms with E-state index in [-0.39, 0.29) is 5.57 Å². The molecule has 0 spiro atoms. The molecule has 2 aromatic rings. The number of hydrogen-bond donors (Lipinski definition) is 2. The lowest BCUT2D eigenvalue weighted by molar-refractivity contribution is -0.117. The van der Waals surface area contributed by atoms with Crippen LogP contribution in [0.2, 0.25) is 0 Å². The molecule has 0 atom stereocenters. The van der Waals surface area contributed by atoms with Gasteiger partial charge in [0.2, 0.25) is 0 Å². The van der Waals surface area contributed by atoms with E-state index in [4.69, 9.17) is 10.5 Å². The Bertz CT molecular complexity index is 795. The van der Waals surface area contributed by atoms with Crippen LogP contribution in [-0.2, 0) is 9.53 Å². The summed E-state index contributed by atoms with van der Waals surface area (Å²) in [4.78, 5) is 14.2. The summed E-state index contributed by atoms with van der Waals surface area (Å²) in [5, 5.41) is 12.2. The second-order valence-corrected chi connectivity index (χ2v) is 5.76. The summed E-state index contributed by atoms with van der Waals surface area (Å²) in [7, 11) is 0. The summed E-state index contributed by atoms with van der Waals surface area (Å²) in [6.45, 7) is 3.59. The molecule has 2 aromatic carbocycles. The fraction of sp³-hybridized carbons (Fsp3) is 0.238. The normalized spacial score (nSPS) is 10.9. The summed E-state index contributed by atoms with van der Waals surface area (Å²) in [5.41, 5.74) is 8.06. The first-order valence-electron chi connectivity index (χ1n) is 8.83. The van der Waals surface area contributed by atoms with Crippen molar-refractivity contribution in [2.24, 2.45) is 0 Å². The number of nitrogens with one attached hydrogen (secondary N) is 1. The van der Waals surface area contributed by atoms with Crippen LogP contribution in [0.1, 0.15) is 13.3 Å². The number of para-hydroxylation sites is 1. The van der Waals surface area contributed by atoms with Gasteiger partial charge in [0.05, 0.1) is 0 Å². The van der Waals surface area contributed by atoms with E-state index in [1.54, 1.807) is 23.2 Å². The number of rotatable bonds is 9. The van der Waals surface area contributed by atoms with Crippen molar-refractivity contribution in [2.75, 3.05) is 30.4 Å². The number of nitrogens with zero attached hydrogens (tertiary/aromatic N) is 2. The van der Waals surface area contributed by atoms with Crippen LogP contribution in [0.15, 0.2) is 66.4 Å². The van der Waals surface area contributed by atoms with Gasteiger partial charge in [0.1, 0.15) is 11.6 Å². The van der Waals surface area contributed by atoms with Gasteiger partial charge in [-0.25, -0.2) is 0 Å². The monoisotopic (exact) mass is 364 g/mol. The van der Waals surface area contributed by atoms with Crippen LogP contribution >= 0.6 is 0 Å². The molecule has 0 radical (unpaired) electrons. The van der Waals surface area contributed by atoms with Gasteiger partial charge in [-0.1, -0.05) is 18.2 Å². The van der Waals surface area contributed by atoms with Crippen LogP contribution in [0.5, 0.6) is 0 Å². The Balaban J connectivity index is 2.22. The summed E-state index contributed by atoms with van der Waals surface area (Å²) in [6, 6.07) is 18.7. The van der Waals surface area contributed by atoms with Gasteiger partial charge in [-0.05, 0) is 49.7 Å². The average molecular weight is 364 g/mol. The zero-order valence-electron chi connectivity index (χ0n) is 15.4. The molecule has 1 amide bonds. The van der Waals surface area contributed by atoms with Crippen LogP contribution in [0.25, 0.3) is 0 Å². The van der Waals surface area contributed by atoms with Crippen molar-refractivity contribution < 1.29 is 9.53 Å². The molecular formula is C21H24N4O2. The third-order valence-electron chi connectivity index (χ3n) is 3.78. The van der Waals surface area contributed by atoms with E-state index < -0.39 is 5.91 Å². The predicted octanol–water partition coefficient (Wildman–Crippen LogP) is 3.36. The molecule has 0 heterocycles. The van der Waals surface area contributed by atoms with Crippen LogP contribution in [-0.4, -0.2) is 25.7 Å². The largest absolute Gasteiger partial charge is 0.399 e. The molecule has 0 aliphatic rings. The second-order valence-electron chi connectivity index (χ2n) is 5.76. The third kappa shape index (κ3) is 6.17. The number of anilines is 3. The van der Waals surface area contributed by atoms with Crippen LogP contribution in [0.4, 0.5) is 17.1 Å². The van der Waals surface area contributed by atoms with Gasteiger partial charge >= 0.3 is 0 Å². The molecule has 27 heavy (non-hydrogen) atoms. The van der Waals surface area contributed by atoms with Gasteiger partial charge in [0, 0.05) is 43.0 Å². The molecule has 0 bridgehead atoms. The van der Waals surface area contributed by atoms with E-state index >= 15 is 0 Å². The zero-order valence-corrected chi connectivity index (χ0v) is 15.4. The van der Waals surface area contributed by atoms with E-state index in [2.05, 4.69) is 5.32 Å². The smallest absolute Gasteiger partial charge is 0.263 e. The van der Waals surface area contributed by atoms with E-state index in [1.807, 2.05) is 55.5 Å². The standard InChI is InChI=1S/C21H24N4O2/c1-2-27-14-6-13-24-21(26)17(15-22)16-25(19-7-4-3-5-8-19)20-11-9-18(23)10-12-20/h3-5,7-12,16H,2,6,13-14,23H2,1H3,(H,24,26)/b17-16-. The number of ether oxygens (including phenoxy) is 1. The quantitative estimate of drug-likeness (QED) is 0.308. The van der Waals surface area contributed by atoms with E-state index in [1.165, 1.54) is 0 Å². The first-order valence-corrected chi connectivity index (χ1v) is 8.83. The Morgan fingerprint density at radius 1 is 1.19 bits per heavy atom. The van der Waals surface area contributed by atoms with Crippen molar-refractivity contribution in [3.63, 3.8) is 0 Å². The molecule has 0 aliphatic heterocycles. The molecular weight excluding hydrogens is 340 g/mol. The zero-order chi connectivity index (χ0) is 19.5. The lowest BCUT2D eigenvalue weighted by Crippen LogP contribution is -2.27. The molecule has 6 nitrogen and oxygen atoms in total. The highest BCUT2D eigenvalue weighted by Gasteiger charge is 2.13. The lowest BCUT2D eigenvalue weighted by atomic mass is 10.2. The highest BCUT2D eigenvalue weighted by molar-refractivity contribution is 5.98. The summed E-state index contributed by atoms with van der Waals surface area (Å²) < 4.78 is 5.24. The number of nitrogen functional groups attached to an aromatic ring is 1. The van der Waals surface area contributed by atoms with Crippen LogP contribution in [0, 0.1) is 11.3 Å². The van der Waals surface area contributed by atoms with Crippen LogP contribution in [0.3, 0.4) is 0 Å². The van der Waals surface area contributed by atoms with Gasteiger partial charge in [0.25, 0.3) is 5.91 Å². The first kappa shape index (κ1) is 20.0. The topological polar surface area (TPSA) is 91.4 Å². The maximum absolute atomic E-state index is 12.4. The van der Waals surface area contributed by atoms with Crippen molar-refractivity contribution >= 4 is 23.0 Å². The predicted molar refractivity (Wildman–Crippen MR) is 107 cm³/mol. The van der Waals surface area contributed by atoms with Crippen molar-refractivity contribution in [1.29, 1.82) is 5.26 Å². The molecule has 0 saturated carbocycles. The van der Waals surface area contributed by atoms with Gasteiger partial charge in [-0.3, -0.25) is 4.79 Å². The first-order chi connectivity index (χ1) is 13.2. The van der Waals surface area contributed by atoms with Gasteiger partial charge in [0.15, 0.2) is 0 Å². The van der Waals surface area contributed by atoms with Crippen molar-refractivity contribution in [3.05, 3.63) is 66.4 Å². The molecule has 2 rings (SSSR count). The molecule has 3 N–H and O–H groups in total. The molecule has 6 heteroatoms. The van der Waals surface area contributed by atoms with E-state index in [0.29, 0.717) is 31.9 Å². The Hall–Kier alpha value is -3.30. The molecule has 0 unspecified atom stereocenters. The van der Waals surface area contributed by atoms with E-state index in [9.17, 15) is 10.1 Å². The van der Waals surface area contributed by atoms with Gasteiger partial charge in [-0.15, -0.1) is 0 Å². The van der Waals surface area contributed by atoms with Crippen molar-refractivity contribution in [2.45, 2.75) is 13.3 Å². The number of amides is 1. The summed E-state index contributed by atoms with van der Waals surface area (Å²) >= 11 is 0. The number of carbonyl (C=O) groups excluding carboxylic acids is 1. The highest BCUT2D eigenvalue weighted by Crippen LogP contribution is 2.27. The van der Waals surface area contributed by atoms with Crippen LogP contribution < -0.4 is 16.0 Å². The number of nitriles is 1. The molecule has 140 valence electrons. The fourth-order valence-electron chi connectivity index (χ4n) is 2.40. The molecule has 0 fully saturated rings. The maximum atomic E-state index is 12.4. The molecule has 0 aliphatic carbocycles. The summed E-state index contributed by atoms with van der Waals surface area (Å²) in [5.74, 6) is -0.412. The molecule has 0 aromatic heterocycles. The minimum Gasteiger partial charge on any atom is -0.399 e. The fourth-order valence-corrected chi connectivity index (χ4v) is 2.40. The maximum Gasteiger partial charge on any atom is 0.263 e. The SMILES string of the molecule is CCOCCCNC(=O)/C(C#N)=C\N(c1ccccc1)c1ccc(N)cc1. The lowest BCUT2D eigenvalue weighted by Gasteiger charge is -2.21. The highest BCUT2D eigenvalue weighted by atomic mass is 16.5. The Morgan fingerprint density at radius 2 is 1.85 bits per heavy atom. The summed E-state index contributed by atoms with van der Waals surface area (Å²) in [6.07, 6.45) is 2.23. The Kier molecular flexibility index (Phi) is 7.89. The van der Waals surface area contributed by atoms with Crippen molar-refractivity contribution in [3.8, 4) is 6.07 Å². The van der Waals surface area contributed by atoms with Crippen molar-refractivity contribution in [1.82, 2.24) is 5.32 Å². The average Bonchev–Trinajstić information content (AvgIpc) is 2.70. The number of hydrogen-bond acceptors (Lipinski definition) is 5. The Morgan fingerprint density at radius 3 is 2.48 bits per heavy atom. The second kappa shape index (κ2) is 10.6. The minimum atomic E-state index is -0.412. The molecule has 0 saturated heterocycles. The number of carbonyl (C=O) groups is 1. The van der Waals surface area contributed by atoms with Gasteiger partial charge in [-0.2, -0.15) is 5.26 Å². The van der Waals surface area contributed by atoms with Gasteiger partial charge < -0.3 is 20.7 Å². The number of benzene rings is 2. The minimum absolute atomic E-state index is 0.0205. The Labute approximate surface area is 159 Å². The van der Waals surface area contributed by atoms with E-state index in [0.717, 1.165) is 11.4 Å².